The van der Waals surface area contributed by atoms with Crippen LogP contribution in [0.1, 0.15) is 12.1 Å². The van der Waals surface area contributed by atoms with E-state index in [1.165, 1.54) is 12.1 Å². The van der Waals surface area contributed by atoms with E-state index < -0.39 is 0 Å². The Morgan fingerprint density at radius 2 is 2.31 bits per heavy atom. The fraction of sp³-hybridized carbons (Fsp3) is 0.111. The Kier molecular flexibility index (Phi) is 3.46. The maximum atomic E-state index is 9.99. The van der Waals surface area contributed by atoms with Gasteiger partial charge in [0.05, 0.1) is 0 Å². The topological polar surface area (TPSA) is 50.2 Å². The number of carbonyl (C=O) groups excluding carboxylic acids is 1. The van der Waals surface area contributed by atoms with Crippen molar-refractivity contribution < 1.29 is 9.90 Å². The largest absolute Gasteiger partial charge is 0.506 e. The molecular weight excluding hydrogens is 190 g/mol. The van der Waals surface area contributed by atoms with Crippen LogP contribution in [-0.4, -0.2) is 16.4 Å². The molecule has 68 valence electrons. The third-order valence-corrected chi connectivity index (χ3v) is 1.59. The molecule has 1 aromatic heterocycles. The lowest BCUT2D eigenvalue weighted by molar-refractivity contribution is -0.107. The van der Waals surface area contributed by atoms with Gasteiger partial charge >= 0.3 is 0 Å². The molecule has 1 N–H and O–H groups in total. The van der Waals surface area contributed by atoms with Crippen LogP contribution >= 0.6 is 11.6 Å². The van der Waals surface area contributed by atoms with Gasteiger partial charge in [-0.25, -0.2) is 4.98 Å². The van der Waals surface area contributed by atoms with E-state index in [0.717, 1.165) is 6.29 Å². The van der Waals surface area contributed by atoms with Crippen molar-refractivity contribution in [1.29, 1.82) is 0 Å². The third kappa shape index (κ3) is 2.87. The number of allylic oxidation sites excluding steroid dienone is 1. The van der Waals surface area contributed by atoms with Crippen LogP contribution in [0.3, 0.4) is 0 Å². The number of aromatic hydroxyl groups is 1. The van der Waals surface area contributed by atoms with Crippen LogP contribution in [0.4, 0.5) is 0 Å². The Hall–Kier alpha value is -1.35. The molecular formula is C9H8ClNO2. The number of aromatic nitrogens is 1. The minimum absolute atomic E-state index is 0.0477. The number of halogens is 1. The first kappa shape index (κ1) is 9.74. The number of hydrogen-bond acceptors (Lipinski definition) is 3. The lowest BCUT2D eigenvalue weighted by Crippen LogP contribution is -1.82. The lowest BCUT2D eigenvalue weighted by Gasteiger charge is -1.97. The van der Waals surface area contributed by atoms with Crippen molar-refractivity contribution in [2.45, 2.75) is 6.42 Å². The Morgan fingerprint density at radius 1 is 1.54 bits per heavy atom. The summed E-state index contributed by atoms with van der Waals surface area (Å²) in [6.45, 7) is 0. The molecule has 4 heteroatoms. The molecule has 3 nitrogen and oxygen atoms in total. The van der Waals surface area contributed by atoms with E-state index in [1.807, 2.05) is 0 Å². The highest BCUT2D eigenvalue weighted by Gasteiger charge is 1.98. The molecule has 0 atom stereocenters. The van der Waals surface area contributed by atoms with Gasteiger partial charge in [0.1, 0.15) is 22.9 Å². The molecule has 0 saturated heterocycles. The molecule has 0 amide bonds. The van der Waals surface area contributed by atoms with Crippen LogP contribution in [0.5, 0.6) is 5.75 Å². The number of aldehydes is 1. The minimum atomic E-state index is 0.0477. The van der Waals surface area contributed by atoms with Gasteiger partial charge < -0.3 is 9.90 Å². The average Bonchev–Trinajstić information content (AvgIpc) is 2.11. The summed E-state index contributed by atoms with van der Waals surface area (Å²) >= 11 is 5.60. The van der Waals surface area contributed by atoms with Crippen molar-refractivity contribution in [3.8, 4) is 5.75 Å². The first-order chi connectivity index (χ1) is 6.24. The Labute approximate surface area is 80.7 Å². The molecule has 0 aliphatic carbocycles. The summed E-state index contributed by atoms with van der Waals surface area (Å²) in [7, 11) is 0. The fourth-order valence-electron chi connectivity index (χ4n) is 0.801. The Bertz CT molecular complexity index is 336. The molecule has 13 heavy (non-hydrogen) atoms. The Morgan fingerprint density at radius 3 is 3.00 bits per heavy atom. The predicted octanol–water partition coefficient (Wildman–Crippen LogP) is 2.04. The zero-order valence-electron chi connectivity index (χ0n) is 6.77. The van der Waals surface area contributed by atoms with Crippen LogP contribution in [0.25, 0.3) is 6.08 Å². The standard InChI is InChI=1S/C9H8ClNO2/c10-9-5-4-8(13)7(11-9)3-1-2-6-12/h1,3-6,13H,2H2. The van der Waals surface area contributed by atoms with E-state index in [9.17, 15) is 9.90 Å². The van der Waals surface area contributed by atoms with Crippen molar-refractivity contribution in [3.05, 3.63) is 29.1 Å². The van der Waals surface area contributed by atoms with Crippen molar-refractivity contribution in [3.63, 3.8) is 0 Å². The summed E-state index contributed by atoms with van der Waals surface area (Å²) in [6.07, 6.45) is 4.22. The van der Waals surface area contributed by atoms with E-state index in [4.69, 9.17) is 11.6 Å². The van der Waals surface area contributed by atoms with E-state index in [0.29, 0.717) is 17.3 Å². The average molecular weight is 198 g/mol. The van der Waals surface area contributed by atoms with Crippen molar-refractivity contribution in [2.75, 3.05) is 0 Å². The van der Waals surface area contributed by atoms with Crippen molar-refractivity contribution in [2.24, 2.45) is 0 Å². The monoisotopic (exact) mass is 197 g/mol. The summed E-state index contributed by atoms with van der Waals surface area (Å²) in [5.74, 6) is 0.0477. The lowest BCUT2D eigenvalue weighted by atomic mass is 10.3. The summed E-state index contributed by atoms with van der Waals surface area (Å²) in [4.78, 5) is 13.8. The second-order valence-corrected chi connectivity index (χ2v) is 2.73. The summed E-state index contributed by atoms with van der Waals surface area (Å²) in [5, 5.41) is 9.58. The zero-order chi connectivity index (χ0) is 9.68. The van der Waals surface area contributed by atoms with Gasteiger partial charge in [0.25, 0.3) is 0 Å². The predicted molar refractivity (Wildman–Crippen MR) is 50.6 cm³/mol. The number of rotatable bonds is 3. The molecule has 1 aromatic rings. The molecule has 0 aliphatic rings. The number of hydrogen-bond donors (Lipinski definition) is 1. The van der Waals surface area contributed by atoms with E-state index in [2.05, 4.69) is 4.98 Å². The smallest absolute Gasteiger partial charge is 0.141 e. The van der Waals surface area contributed by atoms with Crippen LogP contribution in [0, 0.1) is 0 Å². The molecule has 0 aromatic carbocycles. The molecule has 0 unspecified atom stereocenters. The molecule has 0 radical (unpaired) electrons. The third-order valence-electron chi connectivity index (χ3n) is 1.38. The van der Waals surface area contributed by atoms with Gasteiger partial charge in [0.2, 0.25) is 0 Å². The molecule has 0 aliphatic heterocycles. The highest BCUT2D eigenvalue weighted by molar-refractivity contribution is 6.29. The summed E-state index contributed by atoms with van der Waals surface area (Å²) < 4.78 is 0. The first-order valence-corrected chi connectivity index (χ1v) is 4.07. The number of nitrogens with zero attached hydrogens (tertiary/aromatic N) is 1. The van der Waals surface area contributed by atoms with E-state index >= 15 is 0 Å². The molecule has 0 bridgehead atoms. The second kappa shape index (κ2) is 4.62. The van der Waals surface area contributed by atoms with E-state index in [-0.39, 0.29) is 5.75 Å². The highest BCUT2D eigenvalue weighted by Crippen LogP contribution is 2.18. The van der Waals surface area contributed by atoms with Crippen molar-refractivity contribution in [1.82, 2.24) is 4.98 Å². The minimum Gasteiger partial charge on any atom is -0.506 e. The van der Waals surface area contributed by atoms with Crippen molar-refractivity contribution >= 4 is 24.0 Å². The zero-order valence-corrected chi connectivity index (χ0v) is 7.53. The van der Waals surface area contributed by atoms with Gasteiger partial charge in [-0.2, -0.15) is 0 Å². The van der Waals surface area contributed by atoms with Gasteiger partial charge in [-0.1, -0.05) is 17.7 Å². The molecule has 0 spiro atoms. The highest BCUT2D eigenvalue weighted by atomic mass is 35.5. The van der Waals surface area contributed by atoms with Crippen LogP contribution in [0.15, 0.2) is 18.2 Å². The Balaban J connectivity index is 2.86. The van der Waals surface area contributed by atoms with Crippen LogP contribution in [0.2, 0.25) is 5.15 Å². The normalized spacial score (nSPS) is 10.5. The fourth-order valence-corrected chi connectivity index (χ4v) is 0.955. The first-order valence-electron chi connectivity index (χ1n) is 3.69. The van der Waals surface area contributed by atoms with Crippen LogP contribution in [-0.2, 0) is 4.79 Å². The van der Waals surface area contributed by atoms with Gasteiger partial charge in [-0.15, -0.1) is 0 Å². The molecule has 1 heterocycles. The summed E-state index contributed by atoms with van der Waals surface area (Å²) in [6, 6.07) is 2.95. The number of carbonyl (C=O) groups is 1. The summed E-state index contributed by atoms with van der Waals surface area (Å²) in [5.41, 5.74) is 0.370. The second-order valence-electron chi connectivity index (χ2n) is 2.34. The molecule has 1 rings (SSSR count). The number of pyridine rings is 1. The quantitative estimate of drug-likeness (QED) is 0.596. The van der Waals surface area contributed by atoms with Gasteiger partial charge in [-0.05, 0) is 18.2 Å². The van der Waals surface area contributed by atoms with E-state index in [1.54, 1.807) is 12.2 Å². The van der Waals surface area contributed by atoms with Crippen LogP contribution < -0.4 is 0 Å². The molecule has 0 fully saturated rings. The molecule has 0 saturated carbocycles. The maximum Gasteiger partial charge on any atom is 0.141 e. The van der Waals surface area contributed by atoms with Gasteiger partial charge in [0, 0.05) is 6.42 Å². The van der Waals surface area contributed by atoms with Gasteiger partial charge in [0.15, 0.2) is 0 Å². The van der Waals surface area contributed by atoms with Gasteiger partial charge in [-0.3, -0.25) is 0 Å². The SMILES string of the molecule is O=CCC=Cc1nc(Cl)ccc1O. The maximum absolute atomic E-state index is 9.99.